The molecule has 0 bridgehead atoms. The number of nitrogens with zero attached hydrogens (tertiary/aromatic N) is 2. The number of rotatable bonds is 10. The van der Waals surface area contributed by atoms with E-state index in [4.69, 9.17) is 14.6 Å². The van der Waals surface area contributed by atoms with Crippen molar-refractivity contribution in [2.75, 3.05) is 31.7 Å². The third-order valence-corrected chi connectivity index (χ3v) is 5.74. The van der Waals surface area contributed by atoms with Crippen molar-refractivity contribution in [2.24, 2.45) is 7.05 Å². The van der Waals surface area contributed by atoms with Gasteiger partial charge in [0.1, 0.15) is 18.0 Å². The number of anilines is 1. The molecule has 2 aromatic carbocycles. The van der Waals surface area contributed by atoms with Crippen LogP contribution in [0.1, 0.15) is 33.8 Å². The van der Waals surface area contributed by atoms with Crippen LogP contribution in [0.4, 0.5) is 10.6 Å². The van der Waals surface area contributed by atoms with Gasteiger partial charge in [0.2, 0.25) is 0 Å². The van der Waals surface area contributed by atoms with E-state index < -0.39 is 18.0 Å². The Labute approximate surface area is 201 Å². The van der Waals surface area contributed by atoms with Gasteiger partial charge in [-0.25, -0.2) is 4.79 Å². The van der Waals surface area contributed by atoms with Crippen molar-refractivity contribution >= 4 is 23.8 Å². The van der Waals surface area contributed by atoms with Crippen LogP contribution in [0.15, 0.2) is 54.7 Å². The summed E-state index contributed by atoms with van der Waals surface area (Å²) in [5.74, 6) is -1.28. The first-order valence-electron chi connectivity index (χ1n) is 11.2. The van der Waals surface area contributed by atoms with Gasteiger partial charge in [0, 0.05) is 19.5 Å². The molecule has 3 aromatic rings. The van der Waals surface area contributed by atoms with Crippen LogP contribution in [0.25, 0.3) is 11.1 Å². The van der Waals surface area contributed by atoms with Gasteiger partial charge in [-0.1, -0.05) is 48.5 Å². The van der Waals surface area contributed by atoms with Crippen LogP contribution >= 0.6 is 0 Å². The topological polar surface area (TPSA) is 132 Å². The van der Waals surface area contributed by atoms with Crippen LogP contribution < -0.4 is 10.6 Å². The number of carboxylic acid groups (broad SMARTS) is 1. The zero-order valence-corrected chi connectivity index (χ0v) is 19.2. The zero-order valence-electron chi connectivity index (χ0n) is 19.2. The molecule has 0 saturated carbocycles. The summed E-state index contributed by atoms with van der Waals surface area (Å²) >= 11 is 0. The molecule has 0 radical (unpaired) electrons. The third-order valence-electron chi connectivity index (χ3n) is 5.74. The van der Waals surface area contributed by atoms with E-state index in [2.05, 4.69) is 27.9 Å². The Hall–Kier alpha value is -4.18. The molecule has 0 aliphatic heterocycles. The molecule has 1 aliphatic rings. The van der Waals surface area contributed by atoms with E-state index in [1.54, 1.807) is 7.05 Å². The number of carbonyl (C=O) groups excluding carboxylic acids is 2. The zero-order chi connectivity index (χ0) is 24.8. The Bertz CT molecular complexity index is 1190. The van der Waals surface area contributed by atoms with Crippen LogP contribution in [-0.4, -0.2) is 59.2 Å². The fourth-order valence-corrected chi connectivity index (χ4v) is 4.08. The number of carbonyl (C=O) groups is 3. The first-order chi connectivity index (χ1) is 17.0. The van der Waals surface area contributed by atoms with Crippen LogP contribution in [0, 0.1) is 0 Å². The second-order valence-electron chi connectivity index (χ2n) is 7.99. The van der Waals surface area contributed by atoms with E-state index in [0.29, 0.717) is 0 Å². The Morgan fingerprint density at radius 1 is 1.03 bits per heavy atom. The lowest BCUT2D eigenvalue weighted by molar-refractivity contribution is -0.138. The molecular weight excluding hydrogens is 452 g/mol. The van der Waals surface area contributed by atoms with Gasteiger partial charge < -0.3 is 19.9 Å². The van der Waals surface area contributed by atoms with Crippen molar-refractivity contribution < 1.29 is 29.0 Å². The number of benzene rings is 2. The minimum Gasteiger partial charge on any atom is -0.481 e. The molecule has 10 heteroatoms. The Morgan fingerprint density at radius 2 is 1.69 bits per heavy atom. The van der Waals surface area contributed by atoms with Crippen molar-refractivity contribution in [1.29, 1.82) is 0 Å². The van der Waals surface area contributed by atoms with Gasteiger partial charge in [-0.3, -0.25) is 19.6 Å². The summed E-state index contributed by atoms with van der Waals surface area (Å²) in [6.45, 7) is 0.547. The minimum absolute atomic E-state index is 0.0622. The minimum atomic E-state index is -0.951. The van der Waals surface area contributed by atoms with Gasteiger partial charge >= 0.3 is 12.1 Å². The molecule has 1 aliphatic carbocycles. The fraction of sp³-hybridized carbons (Fsp3) is 0.280. The number of ether oxygens (including phenoxy) is 2. The quantitative estimate of drug-likeness (QED) is 0.382. The molecule has 35 heavy (non-hydrogen) atoms. The third kappa shape index (κ3) is 5.49. The van der Waals surface area contributed by atoms with E-state index in [9.17, 15) is 14.4 Å². The summed E-state index contributed by atoms with van der Waals surface area (Å²) in [6, 6.07) is 16.1. The molecule has 0 fully saturated rings. The molecule has 1 aromatic heterocycles. The maximum atomic E-state index is 12.6. The van der Waals surface area contributed by atoms with Gasteiger partial charge in [-0.15, -0.1) is 0 Å². The predicted octanol–water partition coefficient (Wildman–Crippen LogP) is 3.00. The van der Waals surface area contributed by atoms with Crippen molar-refractivity contribution in [3.63, 3.8) is 0 Å². The number of hydrogen-bond acceptors (Lipinski definition) is 6. The van der Waals surface area contributed by atoms with Gasteiger partial charge in [0.15, 0.2) is 0 Å². The number of carboxylic acids is 1. The average molecular weight is 479 g/mol. The van der Waals surface area contributed by atoms with Crippen LogP contribution in [0.3, 0.4) is 0 Å². The van der Waals surface area contributed by atoms with E-state index in [1.807, 2.05) is 36.4 Å². The van der Waals surface area contributed by atoms with Crippen molar-refractivity contribution in [3.8, 4) is 11.1 Å². The summed E-state index contributed by atoms with van der Waals surface area (Å²) in [6.07, 6.45) is 0.547. The average Bonchev–Trinajstić information content (AvgIpc) is 3.37. The highest BCUT2D eigenvalue weighted by Crippen LogP contribution is 2.44. The first-order valence-corrected chi connectivity index (χ1v) is 11.2. The number of nitrogens with one attached hydrogen (secondary N) is 2. The SMILES string of the molecule is Cn1ncc(C(=O)NCCOCCC(=O)O)c1NC(=O)OCC1c2ccccc2-c2ccccc21. The summed E-state index contributed by atoms with van der Waals surface area (Å²) in [5, 5.41) is 17.9. The van der Waals surface area contributed by atoms with Gasteiger partial charge in [0.25, 0.3) is 5.91 Å². The number of amides is 2. The summed E-state index contributed by atoms with van der Waals surface area (Å²) in [4.78, 5) is 35.6. The highest BCUT2D eigenvalue weighted by molar-refractivity contribution is 6.01. The number of aryl methyl sites for hydroxylation is 1. The van der Waals surface area contributed by atoms with Crippen molar-refractivity contribution in [2.45, 2.75) is 12.3 Å². The van der Waals surface area contributed by atoms with E-state index in [-0.39, 0.29) is 50.1 Å². The van der Waals surface area contributed by atoms with Crippen LogP contribution in [0.2, 0.25) is 0 Å². The van der Waals surface area contributed by atoms with E-state index in [0.717, 1.165) is 22.3 Å². The number of aliphatic carboxylic acids is 1. The number of hydrogen-bond donors (Lipinski definition) is 3. The molecule has 0 atom stereocenters. The molecule has 3 N–H and O–H groups in total. The van der Waals surface area contributed by atoms with Gasteiger partial charge in [0.05, 0.1) is 25.8 Å². The smallest absolute Gasteiger partial charge is 0.412 e. The summed E-state index contributed by atoms with van der Waals surface area (Å²) < 4.78 is 12.1. The van der Waals surface area contributed by atoms with E-state index in [1.165, 1.54) is 10.9 Å². The number of aromatic nitrogens is 2. The lowest BCUT2D eigenvalue weighted by atomic mass is 9.98. The van der Waals surface area contributed by atoms with E-state index >= 15 is 0 Å². The largest absolute Gasteiger partial charge is 0.481 e. The molecule has 2 amide bonds. The van der Waals surface area contributed by atoms with Crippen LogP contribution in [-0.2, 0) is 21.3 Å². The lowest BCUT2D eigenvalue weighted by Crippen LogP contribution is -2.29. The van der Waals surface area contributed by atoms with Crippen molar-refractivity contribution in [3.05, 3.63) is 71.4 Å². The molecular formula is C25H26N4O6. The Balaban J connectivity index is 1.34. The Kier molecular flexibility index (Phi) is 7.41. The molecule has 0 unspecified atom stereocenters. The molecule has 10 nitrogen and oxygen atoms in total. The first kappa shape index (κ1) is 24.0. The second kappa shape index (κ2) is 10.8. The van der Waals surface area contributed by atoms with Gasteiger partial charge in [-0.05, 0) is 22.3 Å². The molecule has 1 heterocycles. The summed E-state index contributed by atoms with van der Waals surface area (Å²) in [5.41, 5.74) is 4.65. The maximum Gasteiger partial charge on any atom is 0.412 e. The second-order valence-corrected chi connectivity index (χ2v) is 7.99. The Morgan fingerprint density at radius 3 is 2.34 bits per heavy atom. The monoisotopic (exact) mass is 478 g/mol. The predicted molar refractivity (Wildman–Crippen MR) is 127 cm³/mol. The molecule has 4 rings (SSSR count). The molecule has 182 valence electrons. The standard InChI is InChI=1S/C25H26N4O6/c1-29-23(20(14-27-29)24(32)26-11-13-34-12-10-22(30)31)28-25(33)35-15-21-18-8-4-2-6-16(18)17-7-3-5-9-19(17)21/h2-9,14,21H,10-13,15H2,1H3,(H,26,32)(H,28,33)(H,30,31). The van der Waals surface area contributed by atoms with Crippen molar-refractivity contribution in [1.82, 2.24) is 15.1 Å². The maximum absolute atomic E-state index is 12.6. The fourth-order valence-electron chi connectivity index (χ4n) is 4.08. The van der Waals surface area contributed by atoms with Gasteiger partial charge in [-0.2, -0.15) is 5.10 Å². The normalized spacial score (nSPS) is 12.0. The highest BCUT2D eigenvalue weighted by atomic mass is 16.5. The highest BCUT2D eigenvalue weighted by Gasteiger charge is 2.29. The van der Waals surface area contributed by atoms with Crippen LogP contribution in [0.5, 0.6) is 0 Å². The summed E-state index contributed by atoms with van der Waals surface area (Å²) in [7, 11) is 1.60. The number of fused-ring (bicyclic) bond motifs is 3. The molecule has 0 saturated heterocycles. The molecule has 0 spiro atoms. The lowest BCUT2D eigenvalue weighted by Gasteiger charge is -2.15.